The van der Waals surface area contributed by atoms with E-state index >= 15 is 0 Å². The first-order valence-corrected chi connectivity index (χ1v) is 18.5. The molecule has 0 fully saturated rings. The highest BCUT2D eigenvalue weighted by Crippen LogP contribution is 2.44. The monoisotopic (exact) mass is 687 g/mol. The first-order chi connectivity index (χ1) is 25.2. The summed E-state index contributed by atoms with van der Waals surface area (Å²) in [6.07, 6.45) is 0. The van der Waals surface area contributed by atoms with Crippen LogP contribution in [0.5, 0.6) is 0 Å². The molecule has 4 nitrogen and oxygen atoms in total. The average molecular weight is 688 g/mol. The molecule has 11 aromatic rings. The van der Waals surface area contributed by atoms with Crippen LogP contribution >= 0.6 is 22.7 Å². The quantitative estimate of drug-likeness (QED) is 0.185. The second-order valence-corrected chi connectivity index (χ2v) is 14.9. The fraction of sp³-hybridized carbons (Fsp3) is 0. The minimum absolute atomic E-state index is 0.605. The summed E-state index contributed by atoms with van der Waals surface area (Å²) >= 11 is 3.63. The van der Waals surface area contributed by atoms with E-state index in [1.165, 1.54) is 45.9 Å². The number of aromatic nitrogens is 3. The van der Waals surface area contributed by atoms with E-state index < -0.39 is 0 Å². The van der Waals surface area contributed by atoms with E-state index in [1.807, 2.05) is 41.7 Å². The highest BCUT2D eigenvalue weighted by atomic mass is 32.1. The molecule has 0 amide bonds. The number of fused-ring (bicyclic) bond motifs is 9. The number of para-hydroxylation sites is 1. The molecule has 0 bridgehead atoms. The second-order valence-electron chi connectivity index (χ2n) is 12.8. The third-order valence-electron chi connectivity index (χ3n) is 9.76. The molecule has 51 heavy (non-hydrogen) atoms. The number of rotatable bonds is 4. The highest BCUT2D eigenvalue weighted by molar-refractivity contribution is 7.26. The van der Waals surface area contributed by atoms with Crippen LogP contribution in [0.15, 0.2) is 156 Å². The van der Waals surface area contributed by atoms with Gasteiger partial charge in [0, 0.05) is 78.9 Å². The van der Waals surface area contributed by atoms with Gasteiger partial charge in [-0.15, -0.1) is 22.7 Å². The number of hydrogen-bond donors (Lipinski definition) is 0. The van der Waals surface area contributed by atoms with Crippen molar-refractivity contribution in [3.05, 3.63) is 152 Å². The Morgan fingerprint density at radius 2 is 0.941 bits per heavy atom. The van der Waals surface area contributed by atoms with Crippen LogP contribution in [0, 0.1) is 0 Å². The molecule has 4 aromatic heterocycles. The lowest BCUT2D eigenvalue weighted by atomic mass is 10.00. The molecule has 0 aliphatic carbocycles. The topological polar surface area (TPSA) is 51.8 Å². The summed E-state index contributed by atoms with van der Waals surface area (Å²) in [6.45, 7) is 0. The molecule has 0 aliphatic heterocycles. The number of benzene rings is 7. The third kappa shape index (κ3) is 4.54. The van der Waals surface area contributed by atoms with E-state index in [-0.39, 0.29) is 0 Å². The fourth-order valence-corrected chi connectivity index (χ4v) is 9.70. The minimum atomic E-state index is 0.605. The van der Waals surface area contributed by atoms with E-state index in [0.29, 0.717) is 17.5 Å². The van der Waals surface area contributed by atoms with Gasteiger partial charge in [0.25, 0.3) is 0 Å². The van der Waals surface area contributed by atoms with E-state index in [9.17, 15) is 0 Å². The lowest BCUT2D eigenvalue weighted by Gasteiger charge is -2.08. The summed E-state index contributed by atoms with van der Waals surface area (Å²) in [4.78, 5) is 15.1. The van der Waals surface area contributed by atoms with E-state index in [4.69, 9.17) is 19.4 Å². The lowest BCUT2D eigenvalue weighted by molar-refractivity contribution is 0.670. The van der Waals surface area contributed by atoms with Gasteiger partial charge in [0.1, 0.15) is 11.2 Å². The van der Waals surface area contributed by atoms with Crippen molar-refractivity contribution < 1.29 is 4.42 Å². The highest BCUT2D eigenvalue weighted by Gasteiger charge is 2.19. The fourth-order valence-electron chi connectivity index (χ4n) is 7.32. The molecular weight excluding hydrogens is 663 g/mol. The molecular formula is C45H25N3OS2. The SMILES string of the molecule is c1ccc(-c2nc(-c3ccc4c(c3)oc3c(-c5cccc6c5sc5ccccc56)cccc34)nc(-c3ccc4c(c3)sc3ccccc34)n2)cc1. The van der Waals surface area contributed by atoms with Gasteiger partial charge in [0.15, 0.2) is 17.5 Å². The Bertz CT molecular complexity index is 3160. The maximum atomic E-state index is 6.76. The minimum Gasteiger partial charge on any atom is -0.455 e. The number of thiophene rings is 2. The summed E-state index contributed by atoms with van der Waals surface area (Å²) < 4.78 is 11.8. The summed E-state index contributed by atoms with van der Waals surface area (Å²) in [7, 11) is 0. The van der Waals surface area contributed by atoms with Gasteiger partial charge in [-0.25, -0.2) is 15.0 Å². The smallest absolute Gasteiger partial charge is 0.164 e. The standard InChI is InChI=1S/C45H25N3OS2/c1-2-10-26(11-3-1)43-46-44(48-45(47-43)28-21-23-32-30-12-4-6-18-38(30)50-40(32)25-28)27-20-22-29-33-14-8-15-34(41(33)49-37(29)24-27)36-17-9-16-35-31-13-5-7-19-39(31)51-42(35)36/h1-25H. The first-order valence-electron chi connectivity index (χ1n) is 16.8. The Hall–Kier alpha value is -6.21. The van der Waals surface area contributed by atoms with Crippen molar-refractivity contribution in [2.45, 2.75) is 0 Å². The Labute approximate surface area is 299 Å². The van der Waals surface area contributed by atoms with Crippen molar-refractivity contribution in [2.75, 3.05) is 0 Å². The molecule has 6 heteroatoms. The molecule has 0 unspecified atom stereocenters. The number of furan rings is 1. The van der Waals surface area contributed by atoms with Gasteiger partial charge in [-0.1, -0.05) is 121 Å². The number of hydrogen-bond acceptors (Lipinski definition) is 6. The van der Waals surface area contributed by atoms with Crippen molar-refractivity contribution in [2.24, 2.45) is 0 Å². The van der Waals surface area contributed by atoms with Gasteiger partial charge < -0.3 is 4.42 Å². The van der Waals surface area contributed by atoms with Crippen LogP contribution in [0.2, 0.25) is 0 Å². The van der Waals surface area contributed by atoms with Crippen molar-refractivity contribution in [1.29, 1.82) is 0 Å². The van der Waals surface area contributed by atoms with E-state index in [2.05, 4.69) is 121 Å². The molecule has 4 heterocycles. The maximum Gasteiger partial charge on any atom is 0.164 e. The number of nitrogens with zero attached hydrogens (tertiary/aromatic N) is 3. The van der Waals surface area contributed by atoms with E-state index in [0.717, 1.165) is 44.2 Å². The van der Waals surface area contributed by atoms with Crippen molar-refractivity contribution in [3.63, 3.8) is 0 Å². The van der Waals surface area contributed by atoms with Crippen LogP contribution in [-0.4, -0.2) is 15.0 Å². The summed E-state index contributed by atoms with van der Waals surface area (Å²) in [5.41, 5.74) is 6.73. The van der Waals surface area contributed by atoms with Crippen LogP contribution in [0.25, 0.3) is 108 Å². The molecule has 0 saturated heterocycles. The first kappa shape index (κ1) is 28.6. The van der Waals surface area contributed by atoms with Gasteiger partial charge in [0.2, 0.25) is 0 Å². The Balaban J connectivity index is 1.07. The van der Waals surface area contributed by atoms with Crippen LogP contribution in [0.3, 0.4) is 0 Å². The predicted molar refractivity (Wildman–Crippen MR) is 215 cm³/mol. The molecule has 7 aromatic carbocycles. The summed E-state index contributed by atoms with van der Waals surface area (Å²) in [5.74, 6) is 1.88. The third-order valence-corrected chi connectivity index (χ3v) is 12.1. The lowest BCUT2D eigenvalue weighted by Crippen LogP contribution is -2.00. The molecule has 0 atom stereocenters. The van der Waals surface area contributed by atoms with Gasteiger partial charge >= 0.3 is 0 Å². The predicted octanol–water partition coefficient (Wildman–Crippen LogP) is 13.2. The van der Waals surface area contributed by atoms with Crippen molar-refractivity contribution in [1.82, 2.24) is 15.0 Å². The molecule has 0 spiro atoms. The van der Waals surface area contributed by atoms with Crippen molar-refractivity contribution in [3.8, 4) is 45.3 Å². The molecule has 0 aliphatic rings. The zero-order valence-electron chi connectivity index (χ0n) is 27.0. The van der Waals surface area contributed by atoms with Gasteiger partial charge in [-0.3, -0.25) is 0 Å². The Kier molecular flexibility index (Phi) is 6.26. The van der Waals surface area contributed by atoms with E-state index in [1.54, 1.807) is 11.3 Å². The Morgan fingerprint density at radius 3 is 1.73 bits per heavy atom. The zero-order valence-corrected chi connectivity index (χ0v) is 28.6. The van der Waals surface area contributed by atoms with Crippen LogP contribution in [0.4, 0.5) is 0 Å². The molecule has 0 radical (unpaired) electrons. The molecule has 0 N–H and O–H groups in total. The van der Waals surface area contributed by atoms with Crippen molar-refractivity contribution >= 4 is 85.0 Å². The maximum absolute atomic E-state index is 6.76. The molecule has 11 rings (SSSR count). The molecule has 0 saturated carbocycles. The Morgan fingerprint density at radius 1 is 0.373 bits per heavy atom. The summed E-state index contributed by atoms with van der Waals surface area (Å²) in [5, 5.41) is 7.23. The zero-order chi connectivity index (χ0) is 33.5. The summed E-state index contributed by atoms with van der Waals surface area (Å²) in [6, 6.07) is 53.1. The van der Waals surface area contributed by atoms with Gasteiger partial charge in [0.05, 0.1) is 0 Å². The van der Waals surface area contributed by atoms with Gasteiger partial charge in [-0.2, -0.15) is 0 Å². The average Bonchev–Trinajstić information content (AvgIpc) is 3.88. The normalized spacial score (nSPS) is 11.9. The van der Waals surface area contributed by atoms with Crippen LogP contribution in [-0.2, 0) is 0 Å². The largest absolute Gasteiger partial charge is 0.455 e. The second kappa shape index (κ2) is 11.2. The molecule has 238 valence electrons. The van der Waals surface area contributed by atoms with Crippen LogP contribution < -0.4 is 0 Å². The van der Waals surface area contributed by atoms with Crippen LogP contribution in [0.1, 0.15) is 0 Å². The van der Waals surface area contributed by atoms with Gasteiger partial charge in [-0.05, 0) is 30.3 Å².